The first-order valence-corrected chi connectivity index (χ1v) is 52.3. The summed E-state index contributed by atoms with van der Waals surface area (Å²) in [7, 11) is 6.38. The second-order valence-corrected chi connectivity index (χ2v) is 42.1. The maximum Gasteiger partial charge on any atom is 0.253 e. The number of halogens is 4. The maximum atomic E-state index is 13.1. The molecule has 10 rings (SSSR count). The second-order valence-electron chi connectivity index (χ2n) is 40.4. The van der Waals surface area contributed by atoms with Gasteiger partial charge in [-0.3, -0.25) is 24.0 Å². The summed E-state index contributed by atoms with van der Waals surface area (Å²) in [5.74, 6) is 5.50. The number of carbonyl (C=O) groups is 5. The van der Waals surface area contributed by atoms with Gasteiger partial charge in [-0.05, 0) is 229 Å². The molecule has 0 saturated heterocycles. The number of benzene rings is 5. The van der Waals surface area contributed by atoms with Gasteiger partial charge in [-0.15, -0.1) is 0 Å². The minimum atomic E-state index is -0.650. The highest BCUT2D eigenvalue weighted by molar-refractivity contribution is 6.36. The summed E-state index contributed by atoms with van der Waals surface area (Å²) in [5, 5.41) is 17.4. The molecule has 5 saturated carbocycles. The molecule has 0 aromatic heterocycles. The van der Waals surface area contributed by atoms with Crippen LogP contribution in [0.5, 0.6) is 23.0 Å². The first-order chi connectivity index (χ1) is 64.3. The Morgan fingerprint density at radius 2 is 0.756 bits per heavy atom. The summed E-state index contributed by atoms with van der Waals surface area (Å²) < 4.78 is 51.1. The average Bonchev–Trinajstić information content (AvgIpc) is 0.851. The van der Waals surface area contributed by atoms with Crippen LogP contribution in [-0.2, 0) is 66.9 Å². The van der Waals surface area contributed by atoms with Crippen LogP contribution in [0.15, 0.2) is 97.1 Å². The minimum Gasteiger partial charge on any atom is -0.497 e. The summed E-state index contributed by atoms with van der Waals surface area (Å²) in [6.45, 7) is 29.4. The molecule has 22 nitrogen and oxygen atoms in total. The summed E-state index contributed by atoms with van der Waals surface area (Å²) >= 11 is 24.5. The van der Waals surface area contributed by atoms with Crippen LogP contribution < -0.4 is 62.7 Å². The predicted molar refractivity (Wildman–Crippen MR) is 553 cm³/mol. The zero-order valence-electron chi connectivity index (χ0n) is 85.1. The number of methoxy groups -OCH3 is 4. The van der Waals surface area contributed by atoms with E-state index in [2.05, 4.69) is 71.6 Å². The topological polar surface area (TPSA) is 307 Å². The smallest absolute Gasteiger partial charge is 0.253 e. The number of nitrogens with one attached hydrogen (secondary N) is 5. The van der Waals surface area contributed by atoms with Gasteiger partial charge in [0.2, 0.25) is 0 Å². The fraction of sp³-hybridized carbons (Fsp3) is 0.679. The van der Waals surface area contributed by atoms with Gasteiger partial charge >= 0.3 is 0 Å². The zero-order chi connectivity index (χ0) is 99.1. The normalized spacial score (nSPS) is 17.7. The van der Waals surface area contributed by atoms with Gasteiger partial charge in [0.1, 0.15) is 35.2 Å². The van der Waals surface area contributed by atoms with Gasteiger partial charge in [-0.25, -0.2) is 0 Å². The van der Waals surface area contributed by atoms with Gasteiger partial charge in [0.15, 0.2) is 18.3 Å². The molecule has 10 atom stereocenters. The number of nitrogens with two attached hydrogens (primary N) is 3. The molecule has 5 aromatic carbocycles. The number of hydrogen-bond acceptors (Lipinski definition) is 17. The van der Waals surface area contributed by atoms with Crippen molar-refractivity contribution in [1.29, 1.82) is 0 Å². The highest BCUT2D eigenvalue weighted by Crippen LogP contribution is 2.38. The lowest BCUT2D eigenvalue weighted by molar-refractivity contribution is -0.145. The summed E-state index contributed by atoms with van der Waals surface area (Å²) in [5.41, 5.74) is 24.4. The standard InChI is InChI=1S/C22H34Cl2N2O2.C22H36N2O2.2C22H35NO4.C21H32Cl2N2O2/c1-22(2,3)28-20(19(25)13-15-7-5-4-6-8-15)21(27)26-12-11-16-9-10-17(23)14-18(16)24;1-16(2)26-21(20(23)15-18-9-5-4-6-10-18)22(25)24-13-12-19-11-7-8-17(3)14-19;1-15(2)27-21(16(3)11-17-9-7-6-8-10-17)22(24)23-18-12-19(25-4)14-20(13-18)26-5;1-15(2)27-21(16(3)13-17-9-7-6-8-10-17)22(24)23-19-14-18(25-4)11-12-20(19)26-5;1-14(2)27-20(19(24)13-15-7-4-3-5-8-15)21(26)25-12-11-16-17(22)9-6-10-18(16)23/h9-10,14-15,19-20H,4-8,11-13,25H2,1-3H3,(H,26,27);7-8,11,14,16,18,20-21H,4-6,9-10,12-13,15,23H2,1-3H3,(H,24,25);12-17,21H,6-11H2,1-5H3,(H,23,24);11-12,14-17,21H,6-10,13H2,1-5H3,(H,23,24);6,9-10,14-15,19-20H,3-5,7-8,11-13,24H2,1-2H3,(H,25,26)/t19-,20?;20-,21?;;16-,21?;19-,20?/m11.11/s1. The summed E-state index contributed by atoms with van der Waals surface area (Å²) in [4.78, 5) is 64.4. The Labute approximate surface area is 831 Å². The third-order valence-electron chi connectivity index (χ3n) is 26.0. The molecule has 0 spiro atoms. The number of rotatable bonds is 44. The number of aryl methyl sites for hydroxylation is 1. The van der Waals surface area contributed by atoms with Gasteiger partial charge in [-0.1, -0.05) is 263 Å². The van der Waals surface area contributed by atoms with Crippen molar-refractivity contribution < 1.29 is 66.6 Å². The van der Waals surface area contributed by atoms with E-state index in [1.165, 1.54) is 172 Å². The summed E-state index contributed by atoms with van der Waals surface area (Å²) in [6, 6.07) is 29.1. The Morgan fingerprint density at radius 1 is 0.378 bits per heavy atom. The highest BCUT2D eigenvalue weighted by atomic mass is 35.5. The largest absolute Gasteiger partial charge is 0.497 e. The fourth-order valence-corrected chi connectivity index (χ4v) is 20.4. The van der Waals surface area contributed by atoms with Crippen LogP contribution >= 0.6 is 46.4 Å². The third kappa shape index (κ3) is 45.3. The molecule has 5 fully saturated rings. The molecule has 760 valence electrons. The van der Waals surface area contributed by atoms with Crippen LogP contribution in [0.2, 0.25) is 20.1 Å². The van der Waals surface area contributed by atoms with Crippen molar-refractivity contribution >= 4 is 87.3 Å². The Balaban J connectivity index is 0.000000259. The van der Waals surface area contributed by atoms with E-state index in [0.717, 1.165) is 49.7 Å². The zero-order valence-corrected chi connectivity index (χ0v) is 88.1. The lowest BCUT2D eigenvalue weighted by Crippen LogP contribution is -2.51. The monoisotopic (exact) mass is 1960 g/mol. The Hall–Kier alpha value is -6.51. The fourth-order valence-electron chi connectivity index (χ4n) is 19.3. The van der Waals surface area contributed by atoms with Crippen LogP contribution in [0.3, 0.4) is 0 Å². The molecule has 0 heterocycles. The molecule has 0 bridgehead atoms. The van der Waals surface area contributed by atoms with Gasteiger partial charge < -0.3 is 86.4 Å². The Kier molecular flexibility index (Phi) is 55.0. The molecule has 5 aliphatic rings. The van der Waals surface area contributed by atoms with Crippen molar-refractivity contribution in [3.63, 3.8) is 0 Å². The van der Waals surface area contributed by atoms with Crippen molar-refractivity contribution in [3.8, 4) is 23.0 Å². The quantitative estimate of drug-likeness (QED) is 0.0180. The van der Waals surface area contributed by atoms with E-state index in [1.54, 1.807) is 83.0 Å². The number of carbonyl (C=O) groups excluding carboxylic acids is 5. The van der Waals surface area contributed by atoms with Crippen LogP contribution in [0.4, 0.5) is 11.4 Å². The van der Waals surface area contributed by atoms with E-state index in [0.29, 0.717) is 117 Å². The molecule has 5 amide bonds. The van der Waals surface area contributed by atoms with Crippen LogP contribution in [0.25, 0.3) is 0 Å². The van der Waals surface area contributed by atoms with E-state index in [1.807, 2.05) is 94.4 Å². The van der Waals surface area contributed by atoms with Gasteiger partial charge in [0, 0.05) is 87.8 Å². The van der Waals surface area contributed by atoms with Gasteiger partial charge in [0.05, 0.1) is 64.1 Å². The van der Waals surface area contributed by atoms with Gasteiger partial charge in [-0.2, -0.15) is 0 Å². The van der Waals surface area contributed by atoms with E-state index in [4.69, 9.17) is 106 Å². The number of anilines is 2. The number of hydrogen-bond donors (Lipinski definition) is 8. The van der Waals surface area contributed by atoms with Crippen LogP contribution in [0.1, 0.15) is 305 Å². The lowest BCUT2D eigenvalue weighted by Gasteiger charge is -2.33. The Bertz CT molecular complexity index is 4180. The highest BCUT2D eigenvalue weighted by Gasteiger charge is 2.37. The van der Waals surface area contributed by atoms with Crippen molar-refractivity contribution in [2.24, 2.45) is 58.6 Å². The molecular weight excluding hydrogens is 1790 g/mol. The molecule has 5 aromatic rings. The molecule has 0 radical (unpaired) electrons. The molecule has 11 N–H and O–H groups in total. The van der Waals surface area contributed by atoms with Crippen molar-refractivity contribution in [3.05, 3.63) is 139 Å². The second kappa shape index (κ2) is 63.3. The molecule has 0 aliphatic heterocycles. The van der Waals surface area contributed by atoms with E-state index >= 15 is 0 Å². The molecule has 5 aliphatic carbocycles. The molecule has 6 unspecified atom stereocenters. The van der Waals surface area contributed by atoms with E-state index < -0.39 is 36.1 Å². The SMILES string of the molecule is CC(C)(C)OC(C(=O)NCCc1ccc(Cl)cc1Cl)[C@H](N)CC1CCCCC1.CC(C)OC(C(=O)NCCc1c(Cl)cccc1Cl)[C@H](N)CC1CCCCC1.COc1cc(NC(=O)C(OC(C)C)C(C)CC2CCCCC2)cc(OC)c1.COc1ccc(OC)c(NC(=O)C(OC(C)C)[C@H](C)CC2CCCCC2)c1.Cc1cccc(CCNC(=O)C(OC(C)C)[C@H](N)CC2CCCCC2)c1. The average molecular weight is 1960 g/mol. The first kappa shape index (κ1) is 117. The van der Waals surface area contributed by atoms with Crippen molar-refractivity contribution in [2.45, 2.75) is 387 Å². The molecular formula is C109H172Cl4N8O14. The molecule has 26 heteroatoms. The van der Waals surface area contributed by atoms with Crippen molar-refractivity contribution in [1.82, 2.24) is 16.0 Å². The third-order valence-corrected chi connectivity index (χ3v) is 27.3. The summed E-state index contributed by atoms with van der Waals surface area (Å²) in [6.07, 6.45) is 35.6. The number of amides is 5. The predicted octanol–water partition coefficient (Wildman–Crippen LogP) is 23.7. The first-order valence-electron chi connectivity index (χ1n) is 50.7. The number of ether oxygens (including phenoxy) is 9. The van der Waals surface area contributed by atoms with Crippen molar-refractivity contribution in [2.75, 3.05) is 58.7 Å². The maximum absolute atomic E-state index is 13.1. The van der Waals surface area contributed by atoms with E-state index in [-0.39, 0.29) is 83.9 Å². The Morgan fingerprint density at radius 3 is 1.15 bits per heavy atom. The minimum absolute atomic E-state index is 0.00518. The lowest BCUT2D eigenvalue weighted by atomic mass is 9.81. The van der Waals surface area contributed by atoms with Crippen LogP contribution in [-0.4, -0.2) is 156 Å². The van der Waals surface area contributed by atoms with Crippen LogP contribution in [0, 0.1) is 48.3 Å². The van der Waals surface area contributed by atoms with E-state index in [9.17, 15) is 24.0 Å². The van der Waals surface area contributed by atoms with Gasteiger partial charge in [0.25, 0.3) is 29.5 Å². The molecule has 135 heavy (non-hydrogen) atoms.